The quantitative estimate of drug-likeness (QED) is 0.810. The Balaban J connectivity index is 2.26. The van der Waals surface area contributed by atoms with Crippen LogP contribution in [0.1, 0.15) is 10.4 Å². The van der Waals surface area contributed by atoms with Crippen LogP contribution in [-0.2, 0) is 0 Å². The molecule has 0 radical (unpaired) electrons. The number of amides is 1. The van der Waals surface area contributed by atoms with Crippen LogP contribution in [-0.4, -0.2) is 42.5 Å². The summed E-state index contributed by atoms with van der Waals surface area (Å²) in [5.41, 5.74) is 6.86. The molecule has 0 spiro atoms. The van der Waals surface area contributed by atoms with Gasteiger partial charge in [0.1, 0.15) is 0 Å². The molecule has 1 aliphatic rings. The predicted octanol–water partition coefficient (Wildman–Crippen LogP) is 1.47. The van der Waals surface area contributed by atoms with Crippen LogP contribution in [0, 0.1) is 0 Å². The Morgan fingerprint density at radius 3 is 2.76 bits per heavy atom. The summed E-state index contributed by atoms with van der Waals surface area (Å²) in [5.74, 6) is 2.48. The molecule has 5 heteroatoms. The number of hydrogen-bond donors (Lipinski definition) is 1. The summed E-state index contributed by atoms with van der Waals surface area (Å²) >= 11 is 1.87. The fraction of sp³-hybridized carbons (Fsp3) is 0.417. The van der Waals surface area contributed by atoms with Crippen molar-refractivity contribution in [3.05, 3.63) is 23.8 Å². The molecule has 1 heterocycles. The van der Waals surface area contributed by atoms with Crippen molar-refractivity contribution < 1.29 is 9.53 Å². The Labute approximate surface area is 105 Å². The van der Waals surface area contributed by atoms with E-state index in [0.29, 0.717) is 17.0 Å². The van der Waals surface area contributed by atoms with Gasteiger partial charge in [-0.3, -0.25) is 4.79 Å². The normalized spacial score (nSPS) is 15.7. The summed E-state index contributed by atoms with van der Waals surface area (Å²) in [4.78, 5) is 14.2. The second-order valence-corrected chi connectivity index (χ2v) is 5.06. The van der Waals surface area contributed by atoms with Gasteiger partial charge in [-0.1, -0.05) is 6.07 Å². The third-order valence-corrected chi connectivity index (χ3v) is 3.72. The van der Waals surface area contributed by atoms with Crippen LogP contribution >= 0.6 is 11.8 Å². The lowest BCUT2D eigenvalue weighted by Gasteiger charge is -2.27. The summed E-state index contributed by atoms with van der Waals surface area (Å²) in [5, 5.41) is 0. The highest BCUT2D eigenvalue weighted by Crippen LogP contribution is 2.27. The van der Waals surface area contributed by atoms with Crippen molar-refractivity contribution in [3.63, 3.8) is 0 Å². The molecule has 0 saturated carbocycles. The average molecular weight is 252 g/mol. The summed E-state index contributed by atoms with van der Waals surface area (Å²) in [6, 6.07) is 5.28. The maximum atomic E-state index is 12.3. The number of nitrogens with zero attached hydrogens (tertiary/aromatic N) is 1. The topological polar surface area (TPSA) is 55.6 Å². The summed E-state index contributed by atoms with van der Waals surface area (Å²) in [6.07, 6.45) is 0. The molecule has 2 rings (SSSR count). The number of rotatable bonds is 2. The first-order chi connectivity index (χ1) is 8.24. The maximum absolute atomic E-state index is 12.3. The van der Waals surface area contributed by atoms with E-state index in [1.54, 1.807) is 18.2 Å². The molecule has 2 N–H and O–H groups in total. The highest BCUT2D eigenvalue weighted by molar-refractivity contribution is 7.99. The van der Waals surface area contributed by atoms with Crippen molar-refractivity contribution in [1.29, 1.82) is 0 Å². The maximum Gasteiger partial charge on any atom is 0.257 e. The van der Waals surface area contributed by atoms with Crippen LogP contribution in [0.2, 0.25) is 0 Å². The molecule has 92 valence electrons. The van der Waals surface area contributed by atoms with E-state index >= 15 is 0 Å². The molecule has 4 nitrogen and oxygen atoms in total. The number of anilines is 1. The molecule has 0 aliphatic carbocycles. The van der Waals surface area contributed by atoms with Gasteiger partial charge in [-0.15, -0.1) is 0 Å². The lowest BCUT2D eigenvalue weighted by atomic mass is 10.1. The van der Waals surface area contributed by atoms with Crippen LogP contribution < -0.4 is 10.5 Å². The second kappa shape index (κ2) is 5.31. The monoisotopic (exact) mass is 252 g/mol. The molecule has 17 heavy (non-hydrogen) atoms. The van der Waals surface area contributed by atoms with Gasteiger partial charge in [-0.05, 0) is 12.1 Å². The van der Waals surface area contributed by atoms with E-state index in [-0.39, 0.29) is 5.91 Å². The molecular weight excluding hydrogens is 236 g/mol. The standard InChI is InChI=1S/C12H16N2O2S/c1-16-11-9(3-2-4-10(11)13)12(15)14-5-7-17-8-6-14/h2-4H,5-8,13H2,1H3. The van der Waals surface area contributed by atoms with Gasteiger partial charge in [0.05, 0.1) is 18.4 Å². The number of methoxy groups -OCH3 is 1. The van der Waals surface area contributed by atoms with E-state index in [4.69, 9.17) is 10.5 Å². The van der Waals surface area contributed by atoms with Crippen LogP contribution in [0.4, 0.5) is 5.69 Å². The van der Waals surface area contributed by atoms with Gasteiger partial charge in [0, 0.05) is 24.6 Å². The average Bonchev–Trinajstić information content (AvgIpc) is 2.38. The van der Waals surface area contributed by atoms with Crippen molar-refractivity contribution in [2.75, 3.05) is 37.4 Å². The number of nitrogen functional groups attached to an aromatic ring is 1. The molecular formula is C12H16N2O2S. The Morgan fingerprint density at radius 2 is 2.12 bits per heavy atom. The lowest BCUT2D eigenvalue weighted by molar-refractivity contribution is 0.0769. The van der Waals surface area contributed by atoms with Gasteiger partial charge in [-0.25, -0.2) is 0 Å². The number of ether oxygens (including phenoxy) is 1. The Hall–Kier alpha value is -1.36. The molecule has 0 bridgehead atoms. The van der Waals surface area contributed by atoms with Gasteiger partial charge in [0.2, 0.25) is 0 Å². The third-order valence-electron chi connectivity index (χ3n) is 2.78. The molecule has 1 amide bonds. The minimum absolute atomic E-state index is 0.00875. The molecule has 1 aliphatic heterocycles. The third kappa shape index (κ3) is 2.49. The van der Waals surface area contributed by atoms with Crippen molar-refractivity contribution in [2.24, 2.45) is 0 Å². The fourth-order valence-electron chi connectivity index (χ4n) is 1.89. The number of thioether (sulfide) groups is 1. The molecule has 1 fully saturated rings. The summed E-state index contributed by atoms with van der Waals surface area (Å²) in [6.45, 7) is 1.59. The highest BCUT2D eigenvalue weighted by Gasteiger charge is 2.22. The van der Waals surface area contributed by atoms with Crippen molar-refractivity contribution >= 4 is 23.4 Å². The van der Waals surface area contributed by atoms with Crippen LogP contribution in [0.15, 0.2) is 18.2 Å². The Kier molecular flexibility index (Phi) is 3.78. The van der Waals surface area contributed by atoms with Gasteiger partial charge >= 0.3 is 0 Å². The number of hydrogen-bond acceptors (Lipinski definition) is 4. The van der Waals surface area contributed by atoms with Crippen LogP contribution in [0.25, 0.3) is 0 Å². The fourth-order valence-corrected chi connectivity index (χ4v) is 2.79. The van der Waals surface area contributed by atoms with Crippen molar-refractivity contribution in [2.45, 2.75) is 0 Å². The van der Waals surface area contributed by atoms with E-state index in [2.05, 4.69) is 0 Å². The molecule has 0 atom stereocenters. The highest BCUT2D eigenvalue weighted by atomic mass is 32.2. The zero-order chi connectivity index (χ0) is 12.3. The molecule has 0 aromatic heterocycles. The predicted molar refractivity (Wildman–Crippen MR) is 70.6 cm³/mol. The first-order valence-corrected chi connectivity index (χ1v) is 6.69. The molecule has 1 aromatic rings. The minimum atomic E-state index is 0.00875. The van der Waals surface area contributed by atoms with E-state index in [1.165, 1.54) is 7.11 Å². The molecule has 1 aromatic carbocycles. The van der Waals surface area contributed by atoms with Gasteiger partial charge in [0.25, 0.3) is 5.91 Å². The van der Waals surface area contributed by atoms with Crippen LogP contribution in [0.5, 0.6) is 5.75 Å². The zero-order valence-electron chi connectivity index (χ0n) is 9.81. The van der Waals surface area contributed by atoms with E-state index in [1.807, 2.05) is 16.7 Å². The van der Waals surface area contributed by atoms with Gasteiger partial charge in [-0.2, -0.15) is 11.8 Å². The summed E-state index contributed by atoms with van der Waals surface area (Å²) < 4.78 is 5.21. The first kappa shape index (κ1) is 12.1. The zero-order valence-corrected chi connectivity index (χ0v) is 10.6. The van der Waals surface area contributed by atoms with Crippen LogP contribution in [0.3, 0.4) is 0 Å². The van der Waals surface area contributed by atoms with Crippen molar-refractivity contribution in [3.8, 4) is 5.75 Å². The summed E-state index contributed by atoms with van der Waals surface area (Å²) in [7, 11) is 1.54. The van der Waals surface area contributed by atoms with E-state index in [0.717, 1.165) is 24.6 Å². The van der Waals surface area contributed by atoms with Gasteiger partial charge < -0.3 is 15.4 Å². The van der Waals surface area contributed by atoms with Crippen molar-refractivity contribution in [1.82, 2.24) is 4.90 Å². The Bertz CT molecular complexity index is 417. The number of carbonyl (C=O) groups excluding carboxylic acids is 1. The van der Waals surface area contributed by atoms with E-state index in [9.17, 15) is 4.79 Å². The first-order valence-electron chi connectivity index (χ1n) is 5.53. The smallest absolute Gasteiger partial charge is 0.257 e. The van der Waals surface area contributed by atoms with E-state index < -0.39 is 0 Å². The largest absolute Gasteiger partial charge is 0.494 e. The number of nitrogens with two attached hydrogens (primary N) is 1. The molecule has 0 unspecified atom stereocenters. The number of benzene rings is 1. The molecule has 1 saturated heterocycles. The number of para-hydroxylation sites is 1. The lowest BCUT2D eigenvalue weighted by Crippen LogP contribution is -2.38. The van der Waals surface area contributed by atoms with Gasteiger partial charge in [0.15, 0.2) is 5.75 Å². The minimum Gasteiger partial charge on any atom is -0.494 e. The Morgan fingerprint density at radius 1 is 1.41 bits per heavy atom. The second-order valence-electron chi connectivity index (χ2n) is 3.83. The number of carbonyl (C=O) groups is 1. The SMILES string of the molecule is COc1c(N)cccc1C(=O)N1CCSCC1.